The molecule has 4 rings (SSSR count). The van der Waals surface area contributed by atoms with Gasteiger partial charge in [-0.15, -0.1) is 0 Å². The van der Waals surface area contributed by atoms with E-state index in [1.54, 1.807) is 0 Å². The minimum absolute atomic E-state index is 0.577. The molecular formula is C25H30N2O2. The summed E-state index contributed by atoms with van der Waals surface area (Å²) in [5.41, 5.74) is 5.27. The van der Waals surface area contributed by atoms with Crippen LogP contribution < -0.4 is 0 Å². The van der Waals surface area contributed by atoms with Gasteiger partial charge in [-0.1, -0.05) is 29.4 Å². The van der Waals surface area contributed by atoms with Crippen molar-refractivity contribution in [2.75, 3.05) is 19.7 Å². The van der Waals surface area contributed by atoms with Crippen LogP contribution in [0.1, 0.15) is 44.9 Å². The van der Waals surface area contributed by atoms with Crippen molar-refractivity contribution in [1.82, 2.24) is 4.90 Å². The Morgan fingerprint density at radius 3 is 2.83 bits per heavy atom. The highest BCUT2D eigenvalue weighted by Crippen LogP contribution is 2.28. The highest BCUT2D eigenvalue weighted by molar-refractivity contribution is 5.99. The van der Waals surface area contributed by atoms with Gasteiger partial charge in [0.05, 0.1) is 5.71 Å². The maximum atomic E-state index is 6.10. The molecule has 152 valence electrons. The predicted octanol–water partition coefficient (Wildman–Crippen LogP) is 5.89. The zero-order chi connectivity index (χ0) is 20.2. The lowest BCUT2D eigenvalue weighted by Gasteiger charge is -2.19. The van der Waals surface area contributed by atoms with Crippen molar-refractivity contribution >= 4 is 16.7 Å². The van der Waals surface area contributed by atoms with Gasteiger partial charge in [-0.05, 0) is 81.1 Å². The first kappa shape index (κ1) is 19.7. The van der Waals surface area contributed by atoms with Gasteiger partial charge in [-0.3, -0.25) is 0 Å². The first-order valence-electron chi connectivity index (χ1n) is 10.7. The van der Waals surface area contributed by atoms with Gasteiger partial charge >= 0.3 is 0 Å². The summed E-state index contributed by atoms with van der Waals surface area (Å²) in [5, 5.41) is 5.32. The lowest BCUT2D eigenvalue weighted by Crippen LogP contribution is -2.28. The van der Waals surface area contributed by atoms with Crippen LogP contribution in [0.25, 0.3) is 22.1 Å². The minimum Gasteiger partial charge on any atom is -0.461 e. The quantitative estimate of drug-likeness (QED) is 0.373. The van der Waals surface area contributed by atoms with Crippen LogP contribution in [0.3, 0.4) is 0 Å². The number of rotatable bonds is 7. The summed E-state index contributed by atoms with van der Waals surface area (Å²) in [4.78, 5) is 7.76. The SMILES string of the molecule is CCON=C(C)c1cccc(-c2ccc3oc(CCN4CCC[C@H]4C)cc3c2)c1. The third-order valence-corrected chi connectivity index (χ3v) is 5.85. The van der Waals surface area contributed by atoms with Crippen LogP contribution in [0.15, 0.2) is 58.1 Å². The number of benzene rings is 2. The van der Waals surface area contributed by atoms with Crippen molar-refractivity contribution in [1.29, 1.82) is 0 Å². The molecule has 1 atom stereocenters. The van der Waals surface area contributed by atoms with Crippen LogP contribution in [-0.2, 0) is 11.3 Å². The molecule has 4 heteroatoms. The summed E-state index contributed by atoms with van der Waals surface area (Å²) >= 11 is 0. The van der Waals surface area contributed by atoms with E-state index in [0.29, 0.717) is 12.6 Å². The molecule has 0 amide bonds. The number of fused-ring (bicyclic) bond motifs is 1. The molecule has 3 aromatic rings. The van der Waals surface area contributed by atoms with E-state index in [1.165, 1.54) is 30.5 Å². The molecule has 0 N–H and O–H groups in total. The van der Waals surface area contributed by atoms with Crippen molar-refractivity contribution in [2.45, 2.75) is 46.1 Å². The second kappa shape index (κ2) is 8.83. The van der Waals surface area contributed by atoms with E-state index in [4.69, 9.17) is 9.25 Å². The van der Waals surface area contributed by atoms with Crippen LogP contribution in [0.4, 0.5) is 0 Å². The third-order valence-electron chi connectivity index (χ3n) is 5.85. The first-order valence-corrected chi connectivity index (χ1v) is 10.7. The van der Waals surface area contributed by atoms with E-state index in [-0.39, 0.29) is 0 Å². The predicted molar refractivity (Wildman–Crippen MR) is 119 cm³/mol. The van der Waals surface area contributed by atoms with Crippen molar-refractivity contribution in [3.05, 3.63) is 59.9 Å². The van der Waals surface area contributed by atoms with Crippen LogP contribution in [-0.4, -0.2) is 36.3 Å². The van der Waals surface area contributed by atoms with E-state index in [0.717, 1.165) is 41.0 Å². The van der Waals surface area contributed by atoms with Gasteiger partial charge in [-0.25, -0.2) is 0 Å². The zero-order valence-electron chi connectivity index (χ0n) is 17.6. The fourth-order valence-electron chi connectivity index (χ4n) is 4.12. The van der Waals surface area contributed by atoms with Gasteiger partial charge in [0, 0.05) is 24.4 Å². The molecule has 2 heterocycles. The topological polar surface area (TPSA) is 38.0 Å². The van der Waals surface area contributed by atoms with Gasteiger partial charge < -0.3 is 14.2 Å². The molecule has 1 aliphatic heterocycles. The van der Waals surface area contributed by atoms with Crippen molar-refractivity contribution in [3.63, 3.8) is 0 Å². The number of hydrogen-bond donors (Lipinski definition) is 0. The molecule has 4 nitrogen and oxygen atoms in total. The Morgan fingerprint density at radius 1 is 1.17 bits per heavy atom. The molecule has 0 spiro atoms. The molecule has 1 aliphatic rings. The molecule has 1 aromatic heterocycles. The Morgan fingerprint density at radius 2 is 2.03 bits per heavy atom. The Bertz CT molecular complexity index is 1000. The van der Waals surface area contributed by atoms with E-state index >= 15 is 0 Å². The Balaban J connectivity index is 1.53. The average molecular weight is 391 g/mol. The molecule has 0 aliphatic carbocycles. The van der Waals surface area contributed by atoms with Crippen LogP contribution in [0, 0.1) is 0 Å². The summed E-state index contributed by atoms with van der Waals surface area (Å²) in [7, 11) is 0. The van der Waals surface area contributed by atoms with Crippen molar-refractivity contribution in [3.8, 4) is 11.1 Å². The van der Waals surface area contributed by atoms with E-state index < -0.39 is 0 Å². The maximum Gasteiger partial charge on any atom is 0.134 e. The first-order chi connectivity index (χ1) is 14.1. The van der Waals surface area contributed by atoms with Gasteiger partial charge in [0.1, 0.15) is 18.0 Å². The summed E-state index contributed by atoms with van der Waals surface area (Å²) in [6.45, 7) is 9.11. The van der Waals surface area contributed by atoms with E-state index in [2.05, 4.69) is 65.5 Å². The van der Waals surface area contributed by atoms with E-state index in [9.17, 15) is 0 Å². The molecule has 0 unspecified atom stereocenters. The monoisotopic (exact) mass is 390 g/mol. The second-order valence-electron chi connectivity index (χ2n) is 7.92. The maximum absolute atomic E-state index is 6.10. The molecule has 2 aromatic carbocycles. The molecule has 0 bridgehead atoms. The van der Waals surface area contributed by atoms with Crippen molar-refractivity contribution in [2.24, 2.45) is 5.16 Å². The van der Waals surface area contributed by atoms with Gasteiger partial charge in [-0.2, -0.15) is 0 Å². The summed E-state index contributed by atoms with van der Waals surface area (Å²) in [6, 6.07) is 17.8. The van der Waals surface area contributed by atoms with Crippen molar-refractivity contribution < 1.29 is 9.25 Å². The third kappa shape index (κ3) is 4.54. The Kier molecular flexibility index (Phi) is 6.00. The Labute approximate surface area is 173 Å². The normalized spacial score (nSPS) is 17.9. The lowest BCUT2D eigenvalue weighted by molar-refractivity contribution is 0.159. The van der Waals surface area contributed by atoms with Crippen LogP contribution >= 0.6 is 0 Å². The average Bonchev–Trinajstić information content (AvgIpc) is 3.35. The molecule has 0 radical (unpaired) electrons. The molecular weight excluding hydrogens is 360 g/mol. The number of likely N-dealkylation sites (tertiary alicyclic amines) is 1. The zero-order valence-corrected chi connectivity index (χ0v) is 17.6. The summed E-state index contributed by atoms with van der Waals surface area (Å²) < 4.78 is 6.10. The molecule has 1 fully saturated rings. The number of furan rings is 1. The van der Waals surface area contributed by atoms with Gasteiger partial charge in [0.25, 0.3) is 0 Å². The molecule has 0 saturated carbocycles. The second-order valence-corrected chi connectivity index (χ2v) is 7.92. The lowest BCUT2D eigenvalue weighted by atomic mass is 10.0. The largest absolute Gasteiger partial charge is 0.461 e. The van der Waals surface area contributed by atoms with Gasteiger partial charge in [0.2, 0.25) is 0 Å². The standard InChI is InChI=1S/C25H30N2O2/c1-4-28-26-19(3)20-8-5-9-21(15-20)22-10-11-25-23(16-22)17-24(29-25)12-14-27-13-6-7-18(27)2/h5,8-11,15-18H,4,6-7,12-14H2,1-3H3/t18-/m1/s1. The minimum atomic E-state index is 0.577. The Hall–Kier alpha value is -2.59. The smallest absolute Gasteiger partial charge is 0.134 e. The highest BCUT2D eigenvalue weighted by atomic mass is 16.6. The number of nitrogens with zero attached hydrogens (tertiary/aromatic N) is 2. The summed E-state index contributed by atoms with van der Waals surface area (Å²) in [6.07, 6.45) is 3.60. The molecule has 1 saturated heterocycles. The number of hydrogen-bond acceptors (Lipinski definition) is 4. The van der Waals surface area contributed by atoms with Gasteiger partial charge in [0.15, 0.2) is 0 Å². The van der Waals surface area contributed by atoms with Crippen LogP contribution in [0.2, 0.25) is 0 Å². The summed E-state index contributed by atoms with van der Waals surface area (Å²) in [5.74, 6) is 1.07. The molecule has 29 heavy (non-hydrogen) atoms. The van der Waals surface area contributed by atoms with E-state index in [1.807, 2.05) is 13.8 Å². The number of oxime groups is 1. The fourth-order valence-corrected chi connectivity index (χ4v) is 4.12. The fraction of sp³-hybridized carbons (Fsp3) is 0.400. The van der Waals surface area contributed by atoms with Crippen LogP contribution in [0.5, 0.6) is 0 Å². The highest BCUT2D eigenvalue weighted by Gasteiger charge is 2.20.